The molecule has 2 saturated heterocycles. The molecule has 0 aromatic heterocycles. The molecule has 5 nitrogen and oxygen atoms in total. The summed E-state index contributed by atoms with van der Waals surface area (Å²) in [4.78, 5) is 25.0. The topological polar surface area (TPSA) is 66.8 Å². The van der Waals surface area contributed by atoms with Crippen LogP contribution in [0.25, 0.3) is 0 Å². The predicted octanol–water partition coefficient (Wildman–Crippen LogP) is 1.41. The molecule has 2 atom stereocenters. The maximum absolute atomic E-state index is 12.2. The van der Waals surface area contributed by atoms with Crippen LogP contribution in [0.15, 0.2) is 0 Å². The van der Waals surface area contributed by atoms with Crippen LogP contribution < -0.4 is 0 Å². The number of carbonyl (C=O) groups is 2. The van der Waals surface area contributed by atoms with E-state index in [1.807, 2.05) is 0 Å². The standard InChI is InChI=1S/C13H21NO4/c15-12(9-10-5-4-8-18-10)14-7-3-1-2-6-11(14)13(16)17/h10-11H,1-9H2,(H,16,17). The summed E-state index contributed by atoms with van der Waals surface area (Å²) in [6.45, 7) is 1.29. The normalized spacial score (nSPS) is 29.0. The molecule has 18 heavy (non-hydrogen) atoms. The van der Waals surface area contributed by atoms with Gasteiger partial charge in [0.1, 0.15) is 6.04 Å². The molecule has 2 heterocycles. The number of amides is 1. The minimum absolute atomic E-state index is 0.00445. The highest BCUT2D eigenvalue weighted by Gasteiger charge is 2.32. The van der Waals surface area contributed by atoms with Gasteiger partial charge >= 0.3 is 5.97 Å². The SMILES string of the molecule is O=C(O)C1CCCCCN1C(=O)CC1CCCO1. The van der Waals surface area contributed by atoms with E-state index in [1.165, 1.54) is 0 Å². The monoisotopic (exact) mass is 255 g/mol. The summed E-state index contributed by atoms with van der Waals surface area (Å²) >= 11 is 0. The number of aliphatic carboxylic acids is 1. The molecule has 1 amide bonds. The summed E-state index contributed by atoms with van der Waals surface area (Å²) in [6, 6.07) is -0.638. The van der Waals surface area contributed by atoms with Crippen molar-refractivity contribution >= 4 is 11.9 Å². The van der Waals surface area contributed by atoms with E-state index in [-0.39, 0.29) is 12.0 Å². The van der Waals surface area contributed by atoms with Crippen molar-refractivity contribution in [2.24, 2.45) is 0 Å². The summed E-state index contributed by atoms with van der Waals surface area (Å²) in [5.74, 6) is -0.936. The molecule has 0 bridgehead atoms. The van der Waals surface area contributed by atoms with Gasteiger partial charge in [0.25, 0.3) is 0 Å². The Hall–Kier alpha value is -1.10. The number of carbonyl (C=O) groups excluding carboxylic acids is 1. The summed E-state index contributed by atoms with van der Waals surface area (Å²) in [5, 5.41) is 9.22. The van der Waals surface area contributed by atoms with Gasteiger partial charge in [0.2, 0.25) is 5.91 Å². The molecule has 0 aliphatic carbocycles. The molecular weight excluding hydrogens is 234 g/mol. The van der Waals surface area contributed by atoms with Crippen LogP contribution in [-0.2, 0) is 14.3 Å². The number of likely N-dealkylation sites (tertiary alicyclic amines) is 1. The first kappa shape index (κ1) is 13.3. The molecule has 0 aromatic carbocycles. The first-order valence-corrected chi connectivity index (χ1v) is 6.82. The van der Waals surface area contributed by atoms with Crippen LogP contribution in [0.4, 0.5) is 0 Å². The number of nitrogens with zero attached hydrogens (tertiary/aromatic N) is 1. The summed E-state index contributed by atoms with van der Waals surface area (Å²) in [7, 11) is 0. The molecule has 2 aliphatic heterocycles. The zero-order chi connectivity index (χ0) is 13.0. The van der Waals surface area contributed by atoms with Crippen LogP contribution in [0.5, 0.6) is 0 Å². The van der Waals surface area contributed by atoms with Crippen molar-refractivity contribution < 1.29 is 19.4 Å². The van der Waals surface area contributed by atoms with E-state index in [1.54, 1.807) is 4.90 Å². The van der Waals surface area contributed by atoms with Crippen molar-refractivity contribution in [3.8, 4) is 0 Å². The lowest BCUT2D eigenvalue weighted by Crippen LogP contribution is -2.45. The number of rotatable bonds is 3. The molecule has 102 valence electrons. The summed E-state index contributed by atoms with van der Waals surface area (Å²) in [5.41, 5.74) is 0. The Morgan fingerprint density at radius 3 is 2.67 bits per heavy atom. The molecule has 2 unspecified atom stereocenters. The van der Waals surface area contributed by atoms with Gasteiger partial charge in [-0.1, -0.05) is 12.8 Å². The predicted molar refractivity (Wildman–Crippen MR) is 65.2 cm³/mol. The third kappa shape index (κ3) is 3.22. The number of hydrogen-bond acceptors (Lipinski definition) is 3. The number of ether oxygens (including phenoxy) is 1. The fourth-order valence-corrected chi connectivity index (χ4v) is 2.78. The van der Waals surface area contributed by atoms with Gasteiger partial charge in [-0.3, -0.25) is 4.79 Å². The fraction of sp³-hybridized carbons (Fsp3) is 0.846. The average molecular weight is 255 g/mol. The summed E-state index contributed by atoms with van der Waals surface area (Å²) < 4.78 is 5.45. The van der Waals surface area contributed by atoms with Gasteiger partial charge in [-0.05, 0) is 25.7 Å². The molecule has 0 aromatic rings. The van der Waals surface area contributed by atoms with Crippen molar-refractivity contribution in [1.82, 2.24) is 4.90 Å². The molecule has 0 saturated carbocycles. The molecule has 2 fully saturated rings. The lowest BCUT2D eigenvalue weighted by Gasteiger charge is -2.27. The minimum atomic E-state index is -0.877. The van der Waals surface area contributed by atoms with Crippen LogP contribution in [0.1, 0.15) is 44.9 Å². The van der Waals surface area contributed by atoms with E-state index in [4.69, 9.17) is 4.74 Å². The Bertz CT molecular complexity index is 312. The average Bonchev–Trinajstić information content (AvgIpc) is 2.70. The minimum Gasteiger partial charge on any atom is -0.480 e. The van der Waals surface area contributed by atoms with Crippen LogP contribution in [0.2, 0.25) is 0 Å². The van der Waals surface area contributed by atoms with Crippen molar-refractivity contribution in [2.75, 3.05) is 13.2 Å². The zero-order valence-corrected chi connectivity index (χ0v) is 10.6. The second kappa shape index (κ2) is 6.18. The lowest BCUT2D eigenvalue weighted by atomic mass is 10.1. The highest BCUT2D eigenvalue weighted by atomic mass is 16.5. The van der Waals surface area contributed by atoms with E-state index in [0.29, 0.717) is 19.4 Å². The zero-order valence-electron chi connectivity index (χ0n) is 10.6. The molecule has 0 radical (unpaired) electrons. The maximum atomic E-state index is 12.2. The Balaban J connectivity index is 1.97. The van der Waals surface area contributed by atoms with Gasteiger partial charge in [-0.15, -0.1) is 0 Å². The van der Waals surface area contributed by atoms with Gasteiger partial charge in [-0.25, -0.2) is 4.79 Å². The summed E-state index contributed by atoms with van der Waals surface area (Å²) in [6.07, 6.45) is 5.62. The van der Waals surface area contributed by atoms with Crippen molar-refractivity contribution in [1.29, 1.82) is 0 Å². The van der Waals surface area contributed by atoms with E-state index in [2.05, 4.69) is 0 Å². The van der Waals surface area contributed by atoms with Crippen LogP contribution in [0, 0.1) is 0 Å². The van der Waals surface area contributed by atoms with Crippen molar-refractivity contribution in [2.45, 2.75) is 57.1 Å². The Kier molecular flexibility index (Phi) is 4.58. The first-order valence-electron chi connectivity index (χ1n) is 6.82. The first-order chi connectivity index (χ1) is 8.68. The third-order valence-corrected chi connectivity index (χ3v) is 3.78. The Morgan fingerprint density at radius 1 is 1.17 bits per heavy atom. The van der Waals surface area contributed by atoms with E-state index in [9.17, 15) is 14.7 Å². The second-order valence-electron chi connectivity index (χ2n) is 5.13. The van der Waals surface area contributed by atoms with E-state index in [0.717, 1.165) is 38.7 Å². The van der Waals surface area contributed by atoms with Gasteiger partial charge in [0.05, 0.1) is 12.5 Å². The highest BCUT2D eigenvalue weighted by molar-refractivity contribution is 5.84. The third-order valence-electron chi connectivity index (χ3n) is 3.78. The lowest BCUT2D eigenvalue weighted by molar-refractivity contribution is -0.151. The second-order valence-corrected chi connectivity index (χ2v) is 5.13. The van der Waals surface area contributed by atoms with Crippen LogP contribution in [0.3, 0.4) is 0 Å². The Morgan fingerprint density at radius 2 is 2.00 bits per heavy atom. The van der Waals surface area contributed by atoms with Gasteiger partial charge in [0, 0.05) is 13.2 Å². The number of hydrogen-bond donors (Lipinski definition) is 1. The van der Waals surface area contributed by atoms with Crippen molar-refractivity contribution in [3.05, 3.63) is 0 Å². The molecule has 2 rings (SSSR count). The van der Waals surface area contributed by atoms with E-state index < -0.39 is 12.0 Å². The fourth-order valence-electron chi connectivity index (χ4n) is 2.78. The molecule has 5 heteroatoms. The smallest absolute Gasteiger partial charge is 0.326 e. The van der Waals surface area contributed by atoms with Gasteiger partial charge < -0.3 is 14.7 Å². The molecule has 0 spiro atoms. The van der Waals surface area contributed by atoms with Crippen LogP contribution >= 0.6 is 0 Å². The maximum Gasteiger partial charge on any atom is 0.326 e. The quantitative estimate of drug-likeness (QED) is 0.828. The molecule has 1 N–H and O–H groups in total. The van der Waals surface area contributed by atoms with Gasteiger partial charge in [0.15, 0.2) is 0 Å². The highest BCUT2D eigenvalue weighted by Crippen LogP contribution is 2.21. The van der Waals surface area contributed by atoms with Crippen LogP contribution in [-0.4, -0.2) is 47.2 Å². The largest absolute Gasteiger partial charge is 0.480 e. The number of carboxylic acid groups (broad SMARTS) is 1. The molecular formula is C13H21NO4. The van der Waals surface area contributed by atoms with Crippen molar-refractivity contribution in [3.63, 3.8) is 0 Å². The number of carboxylic acids is 1. The molecule has 2 aliphatic rings. The van der Waals surface area contributed by atoms with E-state index >= 15 is 0 Å². The Labute approximate surface area is 107 Å². The van der Waals surface area contributed by atoms with Gasteiger partial charge in [-0.2, -0.15) is 0 Å².